The molecular formula is C3H4N2. The van der Waals surface area contributed by atoms with E-state index in [4.69, 9.17) is 0 Å². The van der Waals surface area contributed by atoms with Crippen LogP contribution in [0.5, 0.6) is 0 Å². The van der Waals surface area contributed by atoms with Crippen molar-refractivity contribution in [2.75, 3.05) is 0 Å². The SMILES string of the molecule is [c-]1[nH]cc[nH+]1. The second-order valence-electron chi connectivity index (χ2n) is 0.747. The average molecular weight is 68.1 g/mol. The lowest BCUT2D eigenvalue weighted by Crippen LogP contribution is -1.89. The van der Waals surface area contributed by atoms with Crippen LogP contribution < -0.4 is 4.98 Å². The summed E-state index contributed by atoms with van der Waals surface area (Å²) in [6.07, 6.45) is 6.14. The lowest BCUT2D eigenvalue weighted by Gasteiger charge is -1.46. The van der Waals surface area contributed by atoms with Gasteiger partial charge in [-0.15, -0.1) is 0 Å². The summed E-state index contributed by atoms with van der Waals surface area (Å²) in [5.74, 6) is 0. The van der Waals surface area contributed by atoms with Gasteiger partial charge in [0.1, 0.15) is 0 Å². The number of nitrogens with one attached hydrogen (secondary N) is 2. The normalized spacial score (nSPS) is 8.00. The lowest BCUT2D eigenvalue weighted by molar-refractivity contribution is -0.381. The molecule has 5 heavy (non-hydrogen) atoms. The smallest absolute Gasteiger partial charge is 0.199 e. The molecule has 0 aliphatic rings. The number of rotatable bonds is 0. The third-order valence-corrected chi connectivity index (χ3v) is 0.394. The van der Waals surface area contributed by atoms with E-state index in [2.05, 4.69) is 16.3 Å². The maximum absolute atomic E-state index is 2.68. The molecular weight excluding hydrogens is 64.0 g/mol. The van der Waals surface area contributed by atoms with Gasteiger partial charge in [-0.3, -0.25) is 0 Å². The summed E-state index contributed by atoms with van der Waals surface area (Å²) in [6, 6.07) is 0. The molecule has 0 aromatic carbocycles. The molecule has 2 N–H and O–H groups in total. The first-order chi connectivity index (χ1) is 2.50. The van der Waals surface area contributed by atoms with Gasteiger partial charge < -0.3 is 9.97 Å². The highest BCUT2D eigenvalue weighted by atomic mass is 14.8. The van der Waals surface area contributed by atoms with E-state index in [0.717, 1.165) is 0 Å². The van der Waals surface area contributed by atoms with Crippen LogP contribution in [0.4, 0.5) is 0 Å². The van der Waals surface area contributed by atoms with E-state index >= 15 is 0 Å². The zero-order valence-corrected chi connectivity index (χ0v) is 2.65. The van der Waals surface area contributed by atoms with Crippen molar-refractivity contribution in [2.24, 2.45) is 0 Å². The van der Waals surface area contributed by atoms with Crippen molar-refractivity contribution >= 4 is 0 Å². The molecule has 0 unspecified atom stereocenters. The van der Waals surface area contributed by atoms with Crippen LogP contribution in [0.2, 0.25) is 0 Å². The Kier molecular flexibility index (Phi) is 0.433. The first kappa shape index (κ1) is 2.45. The molecule has 0 saturated heterocycles. The van der Waals surface area contributed by atoms with Gasteiger partial charge in [0.2, 0.25) is 0 Å². The quantitative estimate of drug-likeness (QED) is 0.402. The van der Waals surface area contributed by atoms with Crippen LogP contribution in [0, 0.1) is 6.33 Å². The molecule has 0 atom stereocenters. The number of hydrogen-bond acceptors (Lipinski definition) is 0. The Balaban J connectivity index is 3.13. The minimum Gasteiger partial charge on any atom is -0.364 e. The summed E-state index contributed by atoms with van der Waals surface area (Å²) in [4.78, 5) is 5.36. The van der Waals surface area contributed by atoms with Gasteiger partial charge in [0.15, 0.2) is 6.33 Å². The maximum Gasteiger partial charge on any atom is 0.199 e. The highest BCUT2D eigenvalue weighted by molar-refractivity contribution is 4.51. The number of H-pyrrole nitrogens is 2. The number of aromatic amines is 2. The molecule has 1 aromatic rings. The number of aromatic nitrogens is 2. The van der Waals surface area contributed by atoms with E-state index in [1.54, 1.807) is 12.4 Å². The molecule has 0 aliphatic carbocycles. The van der Waals surface area contributed by atoms with E-state index in [1.807, 2.05) is 0 Å². The Labute approximate surface area is 29.9 Å². The summed E-state index contributed by atoms with van der Waals surface area (Å²) < 4.78 is 0. The Morgan fingerprint density at radius 3 is 3.00 bits per heavy atom. The van der Waals surface area contributed by atoms with E-state index in [0.29, 0.717) is 0 Å². The van der Waals surface area contributed by atoms with Gasteiger partial charge in [-0.05, 0) is 12.4 Å². The monoisotopic (exact) mass is 68.0 g/mol. The predicted octanol–water partition coefficient (Wildman–Crippen LogP) is -0.371. The van der Waals surface area contributed by atoms with Gasteiger partial charge in [-0.2, -0.15) is 0 Å². The number of hydrogen-bond donors (Lipinski definition) is 1. The van der Waals surface area contributed by atoms with E-state index < -0.39 is 0 Å². The first-order valence-electron chi connectivity index (χ1n) is 1.41. The zero-order chi connectivity index (χ0) is 3.54. The summed E-state index contributed by atoms with van der Waals surface area (Å²) in [6.45, 7) is 0. The molecule has 2 nitrogen and oxygen atoms in total. The Hall–Kier alpha value is -0.790. The fourth-order valence-corrected chi connectivity index (χ4v) is 0.208. The van der Waals surface area contributed by atoms with Crippen LogP contribution in [0.1, 0.15) is 0 Å². The molecule has 0 fully saturated rings. The van der Waals surface area contributed by atoms with Gasteiger partial charge >= 0.3 is 0 Å². The second kappa shape index (κ2) is 0.885. The molecule has 0 radical (unpaired) electrons. The van der Waals surface area contributed by atoms with Crippen molar-refractivity contribution in [3.8, 4) is 0 Å². The maximum atomic E-state index is 2.68. The van der Waals surface area contributed by atoms with Crippen molar-refractivity contribution in [1.29, 1.82) is 0 Å². The van der Waals surface area contributed by atoms with Gasteiger partial charge in [0.25, 0.3) is 0 Å². The highest BCUT2D eigenvalue weighted by Gasteiger charge is 1.54. The summed E-state index contributed by atoms with van der Waals surface area (Å²) in [5.41, 5.74) is 0. The first-order valence-corrected chi connectivity index (χ1v) is 1.41. The van der Waals surface area contributed by atoms with Gasteiger partial charge in [0.05, 0.1) is 0 Å². The van der Waals surface area contributed by atoms with Crippen LogP contribution in [-0.4, -0.2) is 4.98 Å². The van der Waals surface area contributed by atoms with Gasteiger partial charge in [0, 0.05) is 0 Å². The molecule has 26 valence electrons. The fourth-order valence-electron chi connectivity index (χ4n) is 0.208. The Bertz CT molecular complexity index is 61.4. The van der Waals surface area contributed by atoms with Gasteiger partial charge in [-0.25, -0.2) is 0 Å². The van der Waals surface area contributed by atoms with Crippen molar-refractivity contribution in [3.05, 3.63) is 18.7 Å². The van der Waals surface area contributed by atoms with Crippen LogP contribution >= 0.6 is 0 Å². The molecule has 0 amide bonds. The molecule has 1 rings (SSSR count). The molecule has 0 aliphatic heterocycles. The largest absolute Gasteiger partial charge is 0.364 e. The number of imidazole rings is 1. The van der Waals surface area contributed by atoms with Crippen LogP contribution in [0.3, 0.4) is 0 Å². The van der Waals surface area contributed by atoms with Crippen molar-refractivity contribution in [3.63, 3.8) is 0 Å². The second-order valence-corrected chi connectivity index (χ2v) is 0.747. The Morgan fingerprint density at radius 1 is 1.80 bits per heavy atom. The summed E-state index contributed by atoms with van der Waals surface area (Å²) in [7, 11) is 0. The molecule has 0 saturated carbocycles. The van der Waals surface area contributed by atoms with Crippen molar-refractivity contribution in [1.82, 2.24) is 4.98 Å². The standard InChI is InChI=1S/C3H4N2/c1-2-5-3-4-1/h1-2,4-5H. The van der Waals surface area contributed by atoms with Crippen LogP contribution in [-0.2, 0) is 0 Å². The average Bonchev–Trinajstić information content (AvgIpc) is 1.76. The third kappa shape index (κ3) is 0.265. The third-order valence-electron chi connectivity index (χ3n) is 0.394. The predicted molar refractivity (Wildman–Crippen MR) is 16.2 cm³/mol. The van der Waals surface area contributed by atoms with Crippen LogP contribution in [0.25, 0.3) is 0 Å². The minimum atomic E-state index is 1.76. The molecule has 2 heteroatoms. The minimum absolute atomic E-state index is 1.76. The van der Waals surface area contributed by atoms with E-state index in [9.17, 15) is 0 Å². The lowest BCUT2D eigenvalue weighted by atomic mass is 11.0. The summed E-state index contributed by atoms with van der Waals surface area (Å²) in [5, 5.41) is 0. The highest BCUT2D eigenvalue weighted by Crippen LogP contribution is 1.52. The topological polar surface area (TPSA) is 29.9 Å². The fraction of sp³-hybridized carbons (Fsp3) is 0. The van der Waals surface area contributed by atoms with Crippen molar-refractivity contribution in [2.45, 2.75) is 0 Å². The zero-order valence-electron chi connectivity index (χ0n) is 2.65. The van der Waals surface area contributed by atoms with Crippen LogP contribution in [0.15, 0.2) is 12.4 Å². The van der Waals surface area contributed by atoms with E-state index in [1.165, 1.54) is 0 Å². The molecule has 1 aromatic heterocycles. The molecule has 0 bridgehead atoms. The summed E-state index contributed by atoms with van der Waals surface area (Å²) >= 11 is 0. The Morgan fingerprint density at radius 2 is 2.80 bits per heavy atom. The molecule has 0 spiro atoms. The van der Waals surface area contributed by atoms with E-state index in [-0.39, 0.29) is 0 Å². The van der Waals surface area contributed by atoms with Gasteiger partial charge in [-0.1, -0.05) is 0 Å². The van der Waals surface area contributed by atoms with Crippen molar-refractivity contribution < 1.29 is 4.98 Å². The molecule has 1 heterocycles.